The van der Waals surface area contributed by atoms with E-state index in [9.17, 15) is 4.79 Å². The Hall–Kier alpha value is -3.24. The molecule has 3 heterocycles. The number of nitrogens with zero attached hydrogens (tertiary/aromatic N) is 6. The van der Waals surface area contributed by atoms with Gasteiger partial charge < -0.3 is 21.3 Å². The second kappa shape index (κ2) is 8.64. The van der Waals surface area contributed by atoms with Crippen LogP contribution >= 0.6 is 11.8 Å². The summed E-state index contributed by atoms with van der Waals surface area (Å²) >= 11 is 1.10. The van der Waals surface area contributed by atoms with Crippen molar-refractivity contribution in [3.63, 3.8) is 0 Å². The number of hydrogen-bond acceptors (Lipinski definition) is 9. The van der Waals surface area contributed by atoms with Crippen molar-refractivity contribution in [2.45, 2.75) is 0 Å². The normalized spacial score (nSPS) is 17.3. The average Bonchev–Trinajstić information content (AvgIpc) is 3.01. The number of benzene rings is 1. The molecule has 0 saturated carbocycles. The first-order chi connectivity index (χ1) is 14.5. The molecule has 2 aliphatic heterocycles. The molecule has 0 radical (unpaired) electrons. The fourth-order valence-corrected chi connectivity index (χ4v) is 3.72. The summed E-state index contributed by atoms with van der Waals surface area (Å²) in [7, 11) is 2.14. The highest BCUT2D eigenvalue weighted by Crippen LogP contribution is 2.24. The Morgan fingerprint density at radius 3 is 2.53 bits per heavy atom. The minimum absolute atomic E-state index is 0.100. The fourth-order valence-electron chi connectivity index (χ4n) is 3.19. The standard InChI is InChI=1S/C20H22N8OS/c1-27-7-9-28(10-8-27)14-4-2-13(3-5-14)16-12-23-18(21)17(24-16)15-6-11-30-20(19(22)29)26-25-15/h2-6,11-12H,7-10H2,1H3,(H2,21,23)(H2,22,29). The number of anilines is 2. The molecule has 0 atom stereocenters. The van der Waals surface area contributed by atoms with Crippen molar-refractivity contribution in [3.05, 3.63) is 47.6 Å². The predicted octanol–water partition coefficient (Wildman–Crippen LogP) is 1.33. The molecule has 1 fully saturated rings. The molecular formula is C20H22N8OS. The summed E-state index contributed by atoms with van der Waals surface area (Å²) < 4.78 is 0. The van der Waals surface area contributed by atoms with Crippen molar-refractivity contribution in [2.75, 3.05) is 43.9 Å². The van der Waals surface area contributed by atoms with Gasteiger partial charge in [-0.3, -0.25) is 4.79 Å². The van der Waals surface area contributed by atoms with Crippen molar-refractivity contribution in [3.8, 4) is 11.3 Å². The largest absolute Gasteiger partial charge is 0.382 e. The van der Waals surface area contributed by atoms with Gasteiger partial charge in [0.2, 0.25) is 0 Å². The number of nitrogen functional groups attached to an aromatic ring is 1. The Labute approximate surface area is 178 Å². The number of likely N-dealkylation sites (N-methyl/N-ethyl adjacent to an activating group) is 1. The summed E-state index contributed by atoms with van der Waals surface area (Å²) in [6.07, 6.45) is 3.32. The molecule has 0 aliphatic carbocycles. The quantitative estimate of drug-likeness (QED) is 0.761. The molecule has 2 aromatic rings. The van der Waals surface area contributed by atoms with Crippen LogP contribution in [0.3, 0.4) is 0 Å². The SMILES string of the molecule is CN1CCN(c2ccc(-c3cnc(N)c(C4=NN=C(C(N)=O)SC=C4)n3)cc2)CC1. The van der Waals surface area contributed by atoms with E-state index in [1.54, 1.807) is 17.7 Å². The third-order valence-electron chi connectivity index (χ3n) is 4.94. The molecule has 1 amide bonds. The Kier molecular flexibility index (Phi) is 5.77. The van der Waals surface area contributed by atoms with Gasteiger partial charge in [-0.1, -0.05) is 23.9 Å². The molecule has 1 saturated heterocycles. The Balaban J connectivity index is 1.60. The number of carbonyl (C=O) groups is 1. The van der Waals surface area contributed by atoms with E-state index in [-0.39, 0.29) is 10.9 Å². The summed E-state index contributed by atoms with van der Waals surface area (Å²) in [5.74, 6) is -0.401. The van der Waals surface area contributed by atoms with Gasteiger partial charge in [0.15, 0.2) is 10.9 Å². The van der Waals surface area contributed by atoms with Crippen LogP contribution in [0.2, 0.25) is 0 Å². The third-order valence-corrected chi connectivity index (χ3v) is 5.72. The van der Waals surface area contributed by atoms with Gasteiger partial charge in [-0.15, -0.1) is 10.2 Å². The van der Waals surface area contributed by atoms with Crippen molar-refractivity contribution >= 4 is 39.9 Å². The number of nitrogens with two attached hydrogens (primary N) is 2. The van der Waals surface area contributed by atoms with Crippen molar-refractivity contribution in [1.29, 1.82) is 0 Å². The fraction of sp³-hybridized carbons (Fsp3) is 0.250. The number of aromatic nitrogens is 2. The van der Waals surface area contributed by atoms with Gasteiger partial charge in [-0.25, -0.2) is 9.97 Å². The Morgan fingerprint density at radius 1 is 1.10 bits per heavy atom. The minimum atomic E-state index is -0.636. The second-order valence-corrected chi connectivity index (χ2v) is 7.90. The number of amides is 1. The zero-order valence-corrected chi connectivity index (χ0v) is 17.3. The molecule has 9 nitrogen and oxygen atoms in total. The predicted molar refractivity (Wildman–Crippen MR) is 121 cm³/mol. The second-order valence-electron chi connectivity index (χ2n) is 7.00. The monoisotopic (exact) mass is 422 g/mol. The number of allylic oxidation sites excluding steroid dienone is 1. The summed E-state index contributed by atoms with van der Waals surface area (Å²) in [4.78, 5) is 24.9. The molecule has 154 valence electrons. The van der Waals surface area contributed by atoms with E-state index in [4.69, 9.17) is 11.5 Å². The van der Waals surface area contributed by atoms with E-state index in [1.807, 2.05) is 12.1 Å². The molecule has 1 aromatic heterocycles. The molecule has 1 aromatic carbocycles. The molecule has 30 heavy (non-hydrogen) atoms. The Bertz CT molecular complexity index is 1040. The van der Waals surface area contributed by atoms with Gasteiger partial charge in [0, 0.05) is 37.4 Å². The van der Waals surface area contributed by atoms with Crippen molar-refractivity contribution in [1.82, 2.24) is 14.9 Å². The lowest BCUT2D eigenvalue weighted by molar-refractivity contribution is -0.111. The number of piperazine rings is 1. The molecular weight excluding hydrogens is 400 g/mol. The molecule has 2 aliphatic rings. The number of thioether (sulfide) groups is 1. The van der Waals surface area contributed by atoms with Crippen molar-refractivity contribution in [2.24, 2.45) is 15.9 Å². The first-order valence-corrected chi connectivity index (χ1v) is 10.3. The van der Waals surface area contributed by atoms with Gasteiger partial charge in [0.1, 0.15) is 11.4 Å². The zero-order valence-electron chi connectivity index (χ0n) is 16.5. The van der Waals surface area contributed by atoms with E-state index in [0.717, 1.165) is 43.5 Å². The lowest BCUT2D eigenvalue weighted by atomic mass is 10.1. The molecule has 0 bridgehead atoms. The maximum Gasteiger partial charge on any atom is 0.276 e. The van der Waals surface area contributed by atoms with Crippen LogP contribution < -0.4 is 16.4 Å². The van der Waals surface area contributed by atoms with Crippen molar-refractivity contribution < 1.29 is 4.79 Å². The zero-order chi connectivity index (χ0) is 21.1. The lowest BCUT2D eigenvalue weighted by Crippen LogP contribution is -2.44. The average molecular weight is 423 g/mol. The summed E-state index contributed by atoms with van der Waals surface area (Å²) in [6, 6.07) is 8.26. The van der Waals surface area contributed by atoms with Crippen LogP contribution in [-0.2, 0) is 4.79 Å². The highest BCUT2D eigenvalue weighted by molar-refractivity contribution is 8.18. The lowest BCUT2D eigenvalue weighted by Gasteiger charge is -2.34. The van der Waals surface area contributed by atoms with E-state index < -0.39 is 5.91 Å². The van der Waals surface area contributed by atoms with Crippen LogP contribution in [0.25, 0.3) is 11.3 Å². The number of primary amides is 1. The van der Waals surface area contributed by atoms with Crippen LogP contribution in [0.4, 0.5) is 11.5 Å². The minimum Gasteiger partial charge on any atom is -0.382 e. The highest BCUT2D eigenvalue weighted by atomic mass is 32.2. The molecule has 0 spiro atoms. The summed E-state index contributed by atoms with van der Waals surface area (Å²) in [6.45, 7) is 4.14. The number of hydrogen-bond donors (Lipinski definition) is 2. The smallest absolute Gasteiger partial charge is 0.276 e. The molecule has 10 heteroatoms. The van der Waals surface area contributed by atoms with Crippen LogP contribution in [0.1, 0.15) is 5.69 Å². The van der Waals surface area contributed by atoms with E-state index in [0.29, 0.717) is 17.1 Å². The maximum atomic E-state index is 11.3. The molecule has 0 unspecified atom stereocenters. The van der Waals surface area contributed by atoms with E-state index in [1.165, 1.54) is 5.69 Å². The van der Waals surface area contributed by atoms with Gasteiger partial charge in [0.25, 0.3) is 5.91 Å². The van der Waals surface area contributed by atoms with Gasteiger partial charge in [-0.05, 0) is 30.7 Å². The van der Waals surface area contributed by atoms with Gasteiger partial charge >= 0.3 is 0 Å². The molecule has 4 rings (SSSR count). The van der Waals surface area contributed by atoms with E-state index in [2.05, 4.69) is 49.2 Å². The first kappa shape index (κ1) is 20.0. The van der Waals surface area contributed by atoms with Crippen LogP contribution in [0, 0.1) is 0 Å². The van der Waals surface area contributed by atoms with Crippen LogP contribution in [-0.4, -0.2) is 64.8 Å². The summed E-state index contributed by atoms with van der Waals surface area (Å²) in [5.41, 5.74) is 14.9. The third kappa shape index (κ3) is 4.34. The first-order valence-electron chi connectivity index (χ1n) is 9.47. The molecule has 4 N–H and O–H groups in total. The van der Waals surface area contributed by atoms with E-state index >= 15 is 0 Å². The van der Waals surface area contributed by atoms with Crippen LogP contribution in [0.15, 0.2) is 52.1 Å². The number of carbonyl (C=O) groups excluding carboxylic acids is 1. The Morgan fingerprint density at radius 2 is 1.83 bits per heavy atom. The summed E-state index contributed by atoms with van der Waals surface area (Å²) in [5, 5.41) is 9.74. The number of rotatable bonds is 4. The van der Waals surface area contributed by atoms with Gasteiger partial charge in [0.05, 0.1) is 11.9 Å². The topological polar surface area (TPSA) is 126 Å². The van der Waals surface area contributed by atoms with Crippen LogP contribution in [0.5, 0.6) is 0 Å². The van der Waals surface area contributed by atoms with Gasteiger partial charge in [-0.2, -0.15) is 0 Å². The highest BCUT2D eigenvalue weighted by Gasteiger charge is 2.16. The maximum absolute atomic E-state index is 11.3.